The van der Waals surface area contributed by atoms with Gasteiger partial charge in [0, 0.05) is 16.9 Å². The van der Waals surface area contributed by atoms with Crippen LogP contribution in [0.1, 0.15) is 10.4 Å². The van der Waals surface area contributed by atoms with E-state index in [0.29, 0.717) is 5.56 Å². The summed E-state index contributed by atoms with van der Waals surface area (Å²) >= 11 is 0. The van der Waals surface area contributed by atoms with E-state index in [4.69, 9.17) is 4.74 Å². The normalized spacial score (nSPS) is 10.9. The molecule has 38 heavy (non-hydrogen) atoms. The molecule has 0 radical (unpaired) electrons. The summed E-state index contributed by atoms with van der Waals surface area (Å²) in [6.45, 7) is 0. The van der Waals surface area contributed by atoms with Crippen molar-refractivity contribution in [3.05, 3.63) is 139 Å². The molecular formula is C34H26N2O2. The summed E-state index contributed by atoms with van der Waals surface area (Å²) in [5.41, 5.74) is 9.18. The van der Waals surface area contributed by atoms with Crippen LogP contribution in [0, 0.1) is 0 Å². The van der Waals surface area contributed by atoms with Crippen LogP contribution in [0.25, 0.3) is 45.3 Å². The van der Waals surface area contributed by atoms with E-state index in [-0.39, 0.29) is 0 Å². The molecule has 2 aromatic heterocycles. The molecule has 0 spiro atoms. The topological polar surface area (TPSA) is 36.2 Å². The second-order valence-electron chi connectivity index (χ2n) is 9.02. The molecule has 0 unspecified atom stereocenters. The lowest BCUT2D eigenvalue weighted by atomic mass is 10.1. The van der Waals surface area contributed by atoms with E-state index in [1.165, 1.54) is 0 Å². The third kappa shape index (κ3) is 4.22. The first-order valence-corrected chi connectivity index (χ1v) is 12.5. The van der Waals surface area contributed by atoms with Crippen molar-refractivity contribution < 1.29 is 9.53 Å². The monoisotopic (exact) mass is 494 g/mol. The molecule has 0 bridgehead atoms. The fourth-order valence-electron chi connectivity index (χ4n) is 4.93. The average Bonchev–Trinajstić information content (AvgIpc) is 3.63. The smallest absolute Gasteiger partial charge is 0.150 e. The zero-order valence-electron chi connectivity index (χ0n) is 21.0. The summed E-state index contributed by atoms with van der Waals surface area (Å²) in [5, 5.41) is 0. The van der Waals surface area contributed by atoms with Gasteiger partial charge in [-0.2, -0.15) is 0 Å². The summed E-state index contributed by atoms with van der Waals surface area (Å²) in [4.78, 5) is 11.3. The highest BCUT2D eigenvalue weighted by molar-refractivity contribution is 5.78. The van der Waals surface area contributed by atoms with Crippen LogP contribution in [0.3, 0.4) is 0 Å². The van der Waals surface area contributed by atoms with Crippen molar-refractivity contribution in [1.29, 1.82) is 0 Å². The van der Waals surface area contributed by atoms with Gasteiger partial charge in [-0.3, -0.25) is 4.79 Å². The maximum Gasteiger partial charge on any atom is 0.150 e. The van der Waals surface area contributed by atoms with Crippen molar-refractivity contribution in [3.63, 3.8) is 0 Å². The average molecular weight is 495 g/mol. The van der Waals surface area contributed by atoms with E-state index < -0.39 is 0 Å². The molecule has 0 saturated heterocycles. The van der Waals surface area contributed by atoms with Crippen molar-refractivity contribution >= 4 is 6.29 Å². The first-order valence-electron chi connectivity index (χ1n) is 12.5. The second kappa shape index (κ2) is 10.1. The Hall–Kier alpha value is -5.09. The summed E-state index contributed by atoms with van der Waals surface area (Å²) in [6, 6.07) is 45.3. The number of aromatic nitrogens is 2. The maximum atomic E-state index is 11.3. The molecule has 0 aliphatic carbocycles. The molecule has 4 heteroatoms. The van der Waals surface area contributed by atoms with Crippen LogP contribution in [0.5, 0.6) is 5.75 Å². The number of methoxy groups -OCH3 is 1. The second-order valence-corrected chi connectivity index (χ2v) is 9.02. The summed E-state index contributed by atoms with van der Waals surface area (Å²) in [5.74, 6) is 0.814. The van der Waals surface area contributed by atoms with Crippen LogP contribution in [-0.2, 0) is 0 Å². The zero-order valence-corrected chi connectivity index (χ0v) is 21.0. The van der Waals surface area contributed by atoms with E-state index in [2.05, 4.69) is 94.1 Å². The zero-order chi connectivity index (χ0) is 25.9. The Kier molecular flexibility index (Phi) is 6.20. The lowest BCUT2D eigenvalue weighted by molar-refractivity contribution is 0.112. The molecule has 0 saturated carbocycles. The molecule has 2 heterocycles. The number of hydrogen-bond acceptors (Lipinski definition) is 2. The molecule has 0 aliphatic heterocycles. The highest BCUT2D eigenvalue weighted by Crippen LogP contribution is 2.37. The molecule has 4 aromatic carbocycles. The molecule has 0 fully saturated rings. The Labute approximate surface area is 222 Å². The summed E-state index contributed by atoms with van der Waals surface area (Å²) in [6.07, 6.45) is 0.874. The Morgan fingerprint density at radius 1 is 0.500 bits per heavy atom. The van der Waals surface area contributed by atoms with E-state index in [9.17, 15) is 4.79 Å². The van der Waals surface area contributed by atoms with Crippen molar-refractivity contribution in [3.8, 4) is 51.0 Å². The minimum absolute atomic E-state index is 0.650. The van der Waals surface area contributed by atoms with Crippen molar-refractivity contribution in [2.75, 3.05) is 7.11 Å². The van der Waals surface area contributed by atoms with Gasteiger partial charge in [-0.05, 0) is 83.9 Å². The van der Waals surface area contributed by atoms with Crippen molar-refractivity contribution in [2.45, 2.75) is 0 Å². The van der Waals surface area contributed by atoms with Gasteiger partial charge in [0.05, 0.1) is 29.9 Å². The highest BCUT2D eigenvalue weighted by Gasteiger charge is 2.20. The van der Waals surface area contributed by atoms with Gasteiger partial charge < -0.3 is 13.9 Å². The van der Waals surface area contributed by atoms with Gasteiger partial charge in [0.15, 0.2) is 0 Å². The van der Waals surface area contributed by atoms with Crippen LogP contribution in [0.4, 0.5) is 0 Å². The number of rotatable bonds is 7. The minimum Gasteiger partial charge on any atom is -0.497 e. The lowest BCUT2D eigenvalue weighted by Gasteiger charge is -2.18. The van der Waals surface area contributed by atoms with Crippen molar-refractivity contribution in [2.24, 2.45) is 0 Å². The number of nitrogens with zero attached hydrogens (tertiary/aromatic N) is 2. The van der Waals surface area contributed by atoms with Gasteiger partial charge in [0.2, 0.25) is 0 Å². The molecular weight excluding hydrogens is 468 g/mol. The Morgan fingerprint density at radius 2 is 0.921 bits per heavy atom. The first kappa shape index (κ1) is 23.3. The number of carbonyl (C=O) groups excluding carboxylic acids is 1. The predicted octanol–water partition coefficient (Wildman–Crippen LogP) is 8.09. The van der Waals surface area contributed by atoms with Gasteiger partial charge in [-0.15, -0.1) is 0 Å². The summed E-state index contributed by atoms with van der Waals surface area (Å²) < 4.78 is 9.97. The van der Waals surface area contributed by atoms with Crippen LogP contribution >= 0.6 is 0 Å². The van der Waals surface area contributed by atoms with Crippen LogP contribution in [0.2, 0.25) is 0 Å². The molecule has 6 aromatic rings. The Morgan fingerprint density at radius 3 is 1.34 bits per heavy atom. The molecule has 4 nitrogen and oxygen atoms in total. The van der Waals surface area contributed by atoms with E-state index in [1.807, 2.05) is 48.5 Å². The molecule has 0 aliphatic rings. The van der Waals surface area contributed by atoms with Gasteiger partial charge in [0.25, 0.3) is 0 Å². The fraction of sp³-hybridized carbons (Fsp3) is 0.0294. The van der Waals surface area contributed by atoms with Gasteiger partial charge in [-0.1, -0.05) is 60.7 Å². The number of benzene rings is 4. The SMILES string of the molecule is COc1ccc(-n2c(-c3ccccc3)ccc2-c2ccc(-c3ccccc3)n2-c2ccc(C=O)cc2)cc1. The van der Waals surface area contributed by atoms with Gasteiger partial charge >= 0.3 is 0 Å². The maximum absolute atomic E-state index is 11.3. The molecule has 0 N–H and O–H groups in total. The molecule has 0 atom stereocenters. The van der Waals surface area contributed by atoms with Crippen LogP contribution in [-0.4, -0.2) is 22.5 Å². The third-order valence-electron chi connectivity index (χ3n) is 6.78. The summed E-state index contributed by atoms with van der Waals surface area (Å²) in [7, 11) is 1.68. The highest BCUT2D eigenvalue weighted by atomic mass is 16.5. The number of aldehydes is 1. The third-order valence-corrected chi connectivity index (χ3v) is 6.78. The number of ether oxygens (including phenoxy) is 1. The van der Waals surface area contributed by atoms with E-state index in [1.54, 1.807) is 7.11 Å². The first-order chi connectivity index (χ1) is 18.8. The molecule has 0 amide bonds. The standard InChI is InChI=1S/C34H26N2O2/c1-38-30-18-16-29(17-19-30)36-32(27-10-6-3-7-11-27)21-23-34(36)33-22-20-31(26-8-4-2-5-9-26)35(33)28-14-12-25(24-37)13-15-28/h2-24H,1H3. The van der Waals surface area contributed by atoms with Gasteiger partial charge in [-0.25, -0.2) is 0 Å². The van der Waals surface area contributed by atoms with Crippen molar-refractivity contribution in [1.82, 2.24) is 9.13 Å². The van der Waals surface area contributed by atoms with E-state index >= 15 is 0 Å². The fourth-order valence-corrected chi connectivity index (χ4v) is 4.93. The van der Waals surface area contributed by atoms with E-state index in [0.717, 1.165) is 57.3 Å². The minimum atomic E-state index is 0.650. The van der Waals surface area contributed by atoms with Crippen LogP contribution < -0.4 is 4.74 Å². The number of carbonyl (C=O) groups is 1. The Balaban J connectivity index is 1.61. The Bertz CT molecular complexity index is 1680. The van der Waals surface area contributed by atoms with Crippen LogP contribution in [0.15, 0.2) is 133 Å². The molecule has 184 valence electrons. The lowest BCUT2D eigenvalue weighted by Crippen LogP contribution is -2.04. The molecule has 6 rings (SSSR count). The van der Waals surface area contributed by atoms with Gasteiger partial charge in [0.1, 0.15) is 12.0 Å². The number of hydrogen-bond donors (Lipinski definition) is 0. The predicted molar refractivity (Wildman–Crippen MR) is 153 cm³/mol. The largest absolute Gasteiger partial charge is 0.497 e. The quantitative estimate of drug-likeness (QED) is 0.210.